The van der Waals surface area contributed by atoms with Gasteiger partial charge in [-0.15, -0.1) is 0 Å². The first-order valence-electron chi connectivity index (χ1n) is 3.91. The summed E-state index contributed by atoms with van der Waals surface area (Å²) >= 11 is 4.78. The second-order valence-electron chi connectivity index (χ2n) is 2.80. The maximum Gasteiger partial charge on any atom is 0.142 e. The molecule has 1 rings (SSSR count). The van der Waals surface area contributed by atoms with Gasteiger partial charge in [-0.2, -0.15) is 0 Å². The highest BCUT2D eigenvalue weighted by molar-refractivity contribution is 7.80. The first-order chi connectivity index (χ1) is 6.18. The predicted octanol–water partition coefficient (Wildman–Crippen LogP) is 0.194. The summed E-state index contributed by atoms with van der Waals surface area (Å²) < 4.78 is 0. The second-order valence-corrected chi connectivity index (χ2v) is 3.33. The van der Waals surface area contributed by atoms with Crippen molar-refractivity contribution in [2.45, 2.75) is 6.54 Å². The van der Waals surface area contributed by atoms with Gasteiger partial charge in [0.25, 0.3) is 0 Å². The minimum atomic E-state index is 0.485. The van der Waals surface area contributed by atoms with E-state index in [-0.39, 0.29) is 0 Å². The summed E-state index contributed by atoms with van der Waals surface area (Å²) in [7, 11) is 1.93. The molecule has 0 saturated heterocycles. The van der Waals surface area contributed by atoms with Crippen LogP contribution in [0.4, 0.5) is 0 Å². The fourth-order valence-corrected chi connectivity index (χ4v) is 1.20. The molecule has 0 amide bonds. The smallest absolute Gasteiger partial charge is 0.142 e. The van der Waals surface area contributed by atoms with Crippen molar-refractivity contribution >= 4 is 17.2 Å². The number of hydrogen-bond donors (Lipinski definition) is 1. The first kappa shape index (κ1) is 10.0. The largest absolute Gasteiger partial charge is 0.392 e. The molecule has 2 N–H and O–H groups in total. The van der Waals surface area contributed by atoms with Gasteiger partial charge in [-0.3, -0.25) is 4.90 Å². The van der Waals surface area contributed by atoms with Crippen LogP contribution in [0.5, 0.6) is 0 Å². The molecule has 1 aromatic rings. The van der Waals surface area contributed by atoms with Crippen LogP contribution in [0, 0.1) is 0 Å². The molecule has 0 atom stereocenters. The lowest BCUT2D eigenvalue weighted by Crippen LogP contribution is -2.29. The monoisotopic (exact) mass is 196 g/mol. The average Bonchev–Trinajstić information content (AvgIpc) is 2.04. The molecule has 0 bridgehead atoms. The van der Waals surface area contributed by atoms with Crippen molar-refractivity contribution < 1.29 is 0 Å². The molecule has 13 heavy (non-hydrogen) atoms. The van der Waals surface area contributed by atoms with Crippen LogP contribution < -0.4 is 5.73 Å². The van der Waals surface area contributed by atoms with Crippen LogP contribution in [0.1, 0.15) is 5.82 Å². The molecule has 0 aliphatic rings. The third-order valence-corrected chi connectivity index (χ3v) is 1.59. The Balaban J connectivity index is 2.45. The molecular formula is C8H12N4S. The van der Waals surface area contributed by atoms with E-state index >= 15 is 0 Å². The van der Waals surface area contributed by atoms with Gasteiger partial charge in [0.1, 0.15) is 5.82 Å². The highest BCUT2D eigenvalue weighted by atomic mass is 32.1. The van der Waals surface area contributed by atoms with Crippen molar-refractivity contribution in [2.24, 2.45) is 5.73 Å². The molecule has 0 saturated carbocycles. The van der Waals surface area contributed by atoms with E-state index in [4.69, 9.17) is 18.0 Å². The zero-order valence-electron chi connectivity index (χ0n) is 7.47. The zero-order valence-corrected chi connectivity index (χ0v) is 8.29. The maximum absolute atomic E-state index is 5.40. The molecule has 0 aromatic carbocycles. The van der Waals surface area contributed by atoms with Gasteiger partial charge in [-0.05, 0) is 13.1 Å². The lowest BCUT2D eigenvalue weighted by molar-refractivity contribution is 0.364. The number of likely N-dealkylation sites (N-methyl/N-ethyl adjacent to an activating group) is 1. The van der Waals surface area contributed by atoms with Gasteiger partial charge >= 0.3 is 0 Å². The lowest BCUT2D eigenvalue weighted by Gasteiger charge is -2.13. The minimum absolute atomic E-state index is 0.485. The normalized spacial score (nSPS) is 10.3. The van der Waals surface area contributed by atoms with Crippen molar-refractivity contribution in [2.75, 3.05) is 13.6 Å². The second kappa shape index (κ2) is 4.84. The summed E-state index contributed by atoms with van der Waals surface area (Å²) in [5.74, 6) is 0.779. The standard InChI is InChI=1S/C8H12N4S/c1-12(5-7(9)13)6-8-10-3-2-4-11-8/h2-4H,5-6H2,1H3,(H2,9,13). The molecular weight excluding hydrogens is 184 g/mol. The number of hydrogen-bond acceptors (Lipinski definition) is 4. The van der Waals surface area contributed by atoms with Crippen LogP contribution in [0.15, 0.2) is 18.5 Å². The van der Waals surface area contributed by atoms with Gasteiger partial charge in [0, 0.05) is 18.9 Å². The molecule has 1 heterocycles. The van der Waals surface area contributed by atoms with E-state index in [0.29, 0.717) is 18.1 Å². The predicted molar refractivity (Wildman–Crippen MR) is 55.2 cm³/mol. The Labute approximate surface area is 82.8 Å². The molecule has 0 aliphatic carbocycles. The Bertz CT molecular complexity index is 275. The summed E-state index contributed by atoms with van der Waals surface area (Å²) in [6.07, 6.45) is 3.44. The Morgan fingerprint density at radius 2 is 2.15 bits per heavy atom. The molecule has 5 heteroatoms. The van der Waals surface area contributed by atoms with E-state index in [9.17, 15) is 0 Å². The molecule has 4 nitrogen and oxygen atoms in total. The fraction of sp³-hybridized carbons (Fsp3) is 0.375. The van der Waals surface area contributed by atoms with Crippen LogP contribution in [0.3, 0.4) is 0 Å². The molecule has 0 aliphatic heterocycles. The third kappa shape index (κ3) is 3.91. The van der Waals surface area contributed by atoms with Gasteiger partial charge in [0.15, 0.2) is 0 Å². The van der Waals surface area contributed by atoms with Crippen molar-refractivity contribution in [3.8, 4) is 0 Å². The molecule has 0 unspecified atom stereocenters. The van der Waals surface area contributed by atoms with Crippen molar-refractivity contribution in [1.82, 2.24) is 14.9 Å². The highest BCUT2D eigenvalue weighted by Crippen LogP contribution is 1.93. The molecule has 0 radical (unpaired) electrons. The van der Waals surface area contributed by atoms with E-state index in [0.717, 1.165) is 5.82 Å². The Kier molecular flexibility index (Phi) is 3.72. The van der Waals surface area contributed by atoms with E-state index in [1.54, 1.807) is 18.5 Å². The van der Waals surface area contributed by atoms with Crippen molar-refractivity contribution in [3.63, 3.8) is 0 Å². The zero-order chi connectivity index (χ0) is 9.68. The van der Waals surface area contributed by atoms with Gasteiger partial charge in [0.05, 0.1) is 11.5 Å². The number of nitrogens with two attached hydrogens (primary N) is 1. The highest BCUT2D eigenvalue weighted by Gasteiger charge is 2.02. The van der Waals surface area contributed by atoms with Gasteiger partial charge in [0.2, 0.25) is 0 Å². The van der Waals surface area contributed by atoms with E-state index in [1.807, 2.05) is 11.9 Å². The van der Waals surface area contributed by atoms with E-state index in [2.05, 4.69) is 9.97 Å². The number of rotatable bonds is 4. The Morgan fingerprint density at radius 1 is 1.54 bits per heavy atom. The molecule has 0 fully saturated rings. The van der Waals surface area contributed by atoms with Crippen LogP contribution in [0.25, 0.3) is 0 Å². The maximum atomic E-state index is 5.40. The van der Waals surface area contributed by atoms with Gasteiger partial charge < -0.3 is 5.73 Å². The number of thiocarbonyl (C=S) groups is 1. The quantitative estimate of drug-likeness (QED) is 0.697. The van der Waals surface area contributed by atoms with Gasteiger partial charge in [-0.25, -0.2) is 9.97 Å². The number of nitrogens with zero attached hydrogens (tertiary/aromatic N) is 3. The SMILES string of the molecule is CN(CC(N)=S)Cc1ncccn1. The molecule has 1 aromatic heterocycles. The summed E-state index contributed by atoms with van der Waals surface area (Å²) in [4.78, 5) is 10.6. The average molecular weight is 196 g/mol. The summed E-state index contributed by atoms with van der Waals surface area (Å²) in [5, 5.41) is 0. The van der Waals surface area contributed by atoms with Crippen LogP contribution in [0.2, 0.25) is 0 Å². The van der Waals surface area contributed by atoms with E-state index < -0.39 is 0 Å². The summed E-state index contributed by atoms with van der Waals surface area (Å²) in [5.41, 5.74) is 5.40. The third-order valence-electron chi connectivity index (χ3n) is 1.46. The van der Waals surface area contributed by atoms with Crippen LogP contribution in [-0.4, -0.2) is 33.4 Å². The lowest BCUT2D eigenvalue weighted by atomic mass is 10.4. The summed E-state index contributed by atoms with van der Waals surface area (Å²) in [6.45, 7) is 1.26. The van der Waals surface area contributed by atoms with Crippen molar-refractivity contribution in [3.05, 3.63) is 24.3 Å². The minimum Gasteiger partial charge on any atom is -0.392 e. The summed E-state index contributed by atoms with van der Waals surface area (Å²) in [6, 6.07) is 1.79. The Hall–Kier alpha value is -1.07. The van der Waals surface area contributed by atoms with E-state index in [1.165, 1.54) is 0 Å². The van der Waals surface area contributed by atoms with Gasteiger partial charge in [-0.1, -0.05) is 12.2 Å². The number of aromatic nitrogens is 2. The van der Waals surface area contributed by atoms with Crippen molar-refractivity contribution in [1.29, 1.82) is 0 Å². The topological polar surface area (TPSA) is 55.0 Å². The molecule has 70 valence electrons. The molecule has 0 spiro atoms. The fourth-order valence-electron chi connectivity index (χ4n) is 0.975. The Morgan fingerprint density at radius 3 is 2.69 bits per heavy atom. The first-order valence-corrected chi connectivity index (χ1v) is 4.32. The van der Waals surface area contributed by atoms with Crippen LogP contribution in [-0.2, 0) is 6.54 Å². The van der Waals surface area contributed by atoms with Crippen LogP contribution >= 0.6 is 12.2 Å².